The van der Waals surface area contributed by atoms with Crippen LogP contribution in [-0.4, -0.2) is 24.0 Å². The average molecular weight is 286 g/mol. The molecule has 0 aliphatic carbocycles. The molecule has 2 aromatic rings. The first kappa shape index (κ1) is 14.4. The van der Waals surface area contributed by atoms with Crippen molar-refractivity contribution >= 4 is 18.9 Å². The van der Waals surface area contributed by atoms with Gasteiger partial charge in [0.05, 0.1) is 12.4 Å². The maximum Gasteiger partial charge on any atom is 0.298 e. The van der Waals surface area contributed by atoms with Gasteiger partial charge in [0, 0.05) is 11.6 Å². The topological polar surface area (TPSA) is 71.2 Å². The molecular formula is C15H11FN2O3. The van der Waals surface area contributed by atoms with E-state index in [0.717, 1.165) is 11.6 Å². The minimum Gasteiger partial charge on any atom is -0.508 e. The molecule has 0 saturated carbocycles. The largest absolute Gasteiger partial charge is 0.508 e. The molecule has 0 aliphatic rings. The van der Waals surface area contributed by atoms with Crippen LogP contribution >= 0.6 is 0 Å². The van der Waals surface area contributed by atoms with E-state index in [1.54, 1.807) is 24.3 Å². The quantitative estimate of drug-likeness (QED) is 0.521. The highest BCUT2D eigenvalue weighted by atomic mass is 19.1. The van der Waals surface area contributed by atoms with Gasteiger partial charge < -0.3 is 9.84 Å². The molecular weight excluding hydrogens is 275 g/mol. The number of hydrogen-bond donors (Lipinski definition) is 1. The van der Waals surface area contributed by atoms with Crippen molar-refractivity contribution in [2.45, 2.75) is 0 Å². The lowest BCUT2D eigenvalue weighted by Gasteiger charge is -1.97. The minimum atomic E-state index is -0.579. The van der Waals surface area contributed by atoms with Crippen LogP contribution < -0.4 is 4.74 Å². The summed E-state index contributed by atoms with van der Waals surface area (Å²) in [4.78, 5) is 10.1. The van der Waals surface area contributed by atoms with Gasteiger partial charge in [0.25, 0.3) is 6.47 Å². The van der Waals surface area contributed by atoms with E-state index in [1.807, 2.05) is 0 Å². The van der Waals surface area contributed by atoms with Crippen molar-refractivity contribution in [1.82, 2.24) is 0 Å². The van der Waals surface area contributed by atoms with E-state index < -0.39 is 5.82 Å². The van der Waals surface area contributed by atoms with Crippen LogP contribution in [-0.2, 0) is 4.79 Å². The van der Waals surface area contributed by atoms with E-state index >= 15 is 0 Å². The number of nitrogens with zero attached hydrogens (tertiary/aromatic N) is 2. The Hall–Kier alpha value is -3.02. The van der Waals surface area contributed by atoms with E-state index in [9.17, 15) is 9.18 Å². The SMILES string of the molecule is O=COc1ccc(C=NN=Cc2ccc(O)cc2F)cc1. The number of hydrogen-bond acceptors (Lipinski definition) is 5. The Morgan fingerprint density at radius 1 is 1.05 bits per heavy atom. The molecule has 5 nitrogen and oxygen atoms in total. The zero-order valence-corrected chi connectivity index (χ0v) is 10.8. The fourth-order valence-electron chi connectivity index (χ4n) is 1.50. The van der Waals surface area contributed by atoms with Crippen LogP contribution in [0.15, 0.2) is 52.7 Å². The summed E-state index contributed by atoms with van der Waals surface area (Å²) < 4.78 is 18.0. The zero-order valence-electron chi connectivity index (χ0n) is 10.8. The van der Waals surface area contributed by atoms with Crippen LogP contribution in [0.2, 0.25) is 0 Å². The third-order valence-corrected chi connectivity index (χ3v) is 2.52. The fourth-order valence-corrected chi connectivity index (χ4v) is 1.50. The van der Waals surface area contributed by atoms with Gasteiger partial charge in [-0.05, 0) is 42.0 Å². The van der Waals surface area contributed by atoms with E-state index in [4.69, 9.17) is 5.11 Å². The van der Waals surface area contributed by atoms with Gasteiger partial charge in [-0.3, -0.25) is 4.79 Å². The van der Waals surface area contributed by atoms with Crippen molar-refractivity contribution in [2.75, 3.05) is 0 Å². The lowest BCUT2D eigenvalue weighted by Crippen LogP contribution is -1.89. The third-order valence-electron chi connectivity index (χ3n) is 2.52. The first-order valence-electron chi connectivity index (χ1n) is 5.94. The van der Waals surface area contributed by atoms with Gasteiger partial charge in [0.15, 0.2) is 0 Å². The normalized spacial score (nSPS) is 11.1. The summed E-state index contributed by atoms with van der Waals surface area (Å²) in [7, 11) is 0. The smallest absolute Gasteiger partial charge is 0.298 e. The summed E-state index contributed by atoms with van der Waals surface area (Å²) >= 11 is 0. The maximum absolute atomic E-state index is 13.4. The molecule has 1 N–H and O–H groups in total. The Morgan fingerprint density at radius 2 is 1.76 bits per heavy atom. The molecule has 0 unspecified atom stereocenters. The monoisotopic (exact) mass is 286 g/mol. The summed E-state index contributed by atoms with van der Waals surface area (Å²) in [6.07, 6.45) is 2.72. The highest BCUT2D eigenvalue weighted by molar-refractivity contribution is 5.83. The fraction of sp³-hybridized carbons (Fsp3) is 0. The lowest BCUT2D eigenvalue weighted by atomic mass is 10.2. The van der Waals surface area contributed by atoms with E-state index in [0.29, 0.717) is 12.2 Å². The van der Waals surface area contributed by atoms with Crippen molar-refractivity contribution in [3.63, 3.8) is 0 Å². The predicted octanol–water partition coefficient (Wildman–Crippen LogP) is 2.52. The molecule has 106 valence electrons. The molecule has 6 heteroatoms. The minimum absolute atomic E-state index is 0.147. The number of carbonyl (C=O) groups excluding carboxylic acids is 1. The number of carbonyl (C=O) groups is 1. The molecule has 2 rings (SSSR count). The molecule has 0 radical (unpaired) electrons. The van der Waals surface area contributed by atoms with E-state index in [1.165, 1.54) is 24.6 Å². The highest BCUT2D eigenvalue weighted by Crippen LogP contribution is 2.13. The molecule has 0 aliphatic heterocycles. The zero-order chi connectivity index (χ0) is 15.1. The number of benzene rings is 2. The Bertz CT molecular complexity index is 682. The Balaban J connectivity index is 2.01. The lowest BCUT2D eigenvalue weighted by molar-refractivity contribution is -0.120. The average Bonchev–Trinajstić information content (AvgIpc) is 2.47. The summed E-state index contributed by atoms with van der Waals surface area (Å²) in [6.45, 7) is 0.347. The van der Waals surface area contributed by atoms with E-state index in [-0.39, 0.29) is 11.3 Å². The van der Waals surface area contributed by atoms with Gasteiger partial charge in [0.1, 0.15) is 17.3 Å². The second kappa shape index (κ2) is 6.95. The van der Waals surface area contributed by atoms with Crippen LogP contribution in [0.5, 0.6) is 11.5 Å². The number of halogens is 1. The second-order valence-electron chi connectivity index (χ2n) is 3.98. The van der Waals surface area contributed by atoms with Gasteiger partial charge in [-0.1, -0.05) is 0 Å². The Labute approximate surface area is 120 Å². The summed E-state index contributed by atoms with van der Waals surface area (Å²) in [6, 6.07) is 10.4. The van der Waals surface area contributed by atoms with Gasteiger partial charge in [-0.15, -0.1) is 0 Å². The number of ether oxygens (including phenoxy) is 1. The van der Waals surface area contributed by atoms with Crippen molar-refractivity contribution in [2.24, 2.45) is 10.2 Å². The van der Waals surface area contributed by atoms with Crippen molar-refractivity contribution < 1.29 is 19.0 Å². The molecule has 0 spiro atoms. The first-order valence-corrected chi connectivity index (χ1v) is 5.94. The molecule has 0 fully saturated rings. The van der Waals surface area contributed by atoms with Crippen molar-refractivity contribution in [1.29, 1.82) is 0 Å². The van der Waals surface area contributed by atoms with Crippen LogP contribution in [0.1, 0.15) is 11.1 Å². The molecule has 0 aromatic heterocycles. The van der Waals surface area contributed by atoms with Gasteiger partial charge >= 0.3 is 0 Å². The molecule has 0 heterocycles. The van der Waals surface area contributed by atoms with Crippen LogP contribution in [0, 0.1) is 5.82 Å². The molecule has 0 atom stereocenters. The number of aromatic hydroxyl groups is 1. The van der Waals surface area contributed by atoms with Crippen molar-refractivity contribution in [3.8, 4) is 11.5 Å². The van der Waals surface area contributed by atoms with Gasteiger partial charge in [-0.25, -0.2) is 4.39 Å². The van der Waals surface area contributed by atoms with Crippen LogP contribution in [0.3, 0.4) is 0 Å². The van der Waals surface area contributed by atoms with E-state index in [2.05, 4.69) is 14.9 Å². The number of phenols is 1. The molecule has 0 amide bonds. The molecule has 0 bridgehead atoms. The molecule has 2 aromatic carbocycles. The Kier molecular flexibility index (Phi) is 4.76. The van der Waals surface area contributed by atoms with Crippen LogP contribution in [0.25, 0.3) is 0 Å². The number of phenolic OH excluding ortho intramolecular Hbond substituents is 1. The first-order chi connectivity index (χ1) is 10.2. The third kappa shape index (κ3) is 4.24. The van der Waals surface area contributed by atoms with Crippen LogP contribution in [0.4, 0.5) is 4.39 Å². The number of rotatable bonds is 5. The highest BCUT2D eigenvalue weighted by Gasteiger charge is 1.99. The maximum atomic E-state index is 13.4. The molecule has 21 heavy (non-hydrogen) atoms. The summed E-state index contributed by atoms with van der Waals surface area (Å²) in [5.41, 5.74) is 0.969. The Morgan fingerprint density at radius 3 is 2.43 bits per heavy atom. The van der Waals surface area contributed by atoms with Crippen molar-refractivity contribution in [3.05, 3.63) is 59.4 Å². The summed E-state index contributed by atoms with van der Waals surface area (Å²) in [5.74, 6) is -0.299. The predicted molar refractivity (Wildman–Crippen MR) is 76.4 cm³/mol. The van der Waals surface area contributed by atoms with Gasteiger partial charge in [-0.2, -0.15) is 10.2 Å². The molecule has 0 saturated heterocycles. The summed E-state index contributed by atoms with van der Waals surface area (Å²) in [5, 5.41) is 16.6. The standard InChI is InChI=1S/C15H11FN2O3/c16-15-7-13(20)4-3-12(15)9-18-17-8-11-1-5-14(6-2-11)21-10-19/h1-10,20H. The van der Waals surface area contributed by atoms with Gasteiger partial charge in [0.2, 0.25) is 0 Å². The second-order valence-corrected chi connectivity index (χ2v) is 3.98.